The number of aliphatic imine (C=N–C) groups is 1. The molecule has 1 unspecified atom stereocenters. The molecule has 0 aromatic heterocycles. The predicted octanol–water partition coefficient (Wildman–Crippen LogP) is 4.80. The van der Waals surface area contributed by atoms with Crippen LogP contribution in [0.15, 0.2) is 53.5 Å². The maximum absolute atomic E-state index is 5.95. The highest BCUT2D eigenvalue weighted by molar-refractivity contribution is 14.0. The number of nitrogens with zero attached hydrogens (tertiary/aromatic N) is 1. The third kappa shape index (κ3) is 8.67. The summed E-state index contributed by atoms with van der Waals surface area (Å²) in [6, 6.07) is 16.0. The molecule has 1 atom stereocenters. The Hall–Kier alpha value is -1.51. The van der Waals surface area contributed by atoms with E-state index in [0.717, 1.165) is 34.3 Å². The van der Waals surface area contributed by atoms with E-state index < -0.39 is 0 Å². The lowest BCUT2D eigenvalue weighted by Crippen LogP contribution is -2.38. The Labute approximate surface area is 189 Å². The van der Waals surface area contributed by atoms with Gasteiger partial charge in [0.1, 0.15) is 5.75 Å². The monoisotopic (exact) mass is 517 g/mol. The fourth-order valence-corrected chi connectivity index (χ4v) is 2.68. The molecular weight excluding hydrogens is 489 g/mol. The van der Waals surface area contributed by atoms with Crippen molar-refractivity contribution in [2.75, 3.05) is 27.4 Å². The van der Waals surface area contributed by atoms with Crippen LogP contribution in [0.2, 0.25) is 5.02 Å². The maximum atomic E-state index is 5.95. The Morgan fingerprint density at radius 3 is 2.57 bits per heavy atom. The van der Waals surface area contributed by atoms with Gasteiger partial charge in [-0.3, -0.25) is 4.99 Å². The van der Waals surface area contributed by atoms with Gasteiger partial charge in [0.25, 0.3) is 0 Å². The van der Waals surface area contributed by atoms with E-state index in [1.165, 1.54) is 0 Å². The first-order chi connectivity index (χ1) is 13.1. The summed E-state index contributed by atoms with van der Waals surface area (Å²) >= 11 is 5.95. The highest BCUT2D eigenvalue weighted by Crippen LogP contribution is 2.16. The molecule has 0 amide bonds. The number of guanidine groups is 1. The minimum atomic E-state index is 0. The van der Waals surface area contributed by atoms with Gasteiger partial charge < -0.3 is 20.1 Å². The number of methoxy groups -OCH3 is 1. The van der Waals surface area contributed by atoms with Gasteiger partial charge in [-0.2, -0.15) is 0 Å². The summed E-state index contributed by atoms with van der Waals surface area (Å²) in [5.74, 6) is 1.60. The van der Waals surface area contributed by atoms with Gasteiger partial charge in [0.2, 0.25) is 0 Å². The second-order valence-corrected chi connectivity index (χ2v) is 6.62. The summed E-state index contributed by atoms with van der Waals surface area (Å²) in [6.07, 6.45) is 0.873. The molecule has 0 saturated carbocycles. The number of benzene rings is 2. The Balaban J connectivity index is 0.00000392. The summed E-state index contributed by atoms with van der Waals surface area (Å²) in [7, 11) is 3.46. The van der Waals surface area contributed by atoms with Crippen LogP contribution < -0.4 is 15.4 Å². The Bertz CT molecular complexity index is 726. The van der Waals surface area contributed by atoms with Crippen molar-refractivity contribution in [3.05, 3.63) is 64.7 Å². The van der Waals surface area contributed by atoms with Crippen LogP contribution in [0.25, 0.3) is 0 Å². The van der Waals surface area contributed by atoms with Gasteiger partial charge in [0, 0.05) is 38.8 Å². The quantitative estimate of drug-likeness (QED) is 0.217. The Kier molecular flexibility index (Phi) is 11.9. The highest BCUT2D eigenvalue weighted by Gasteiger charge is 2.08. The molecule has 7 heteroatoms. The Morgan fingerprint density at radius 2 is 1.89 bits per heavy atom. The lowest BCUT2D eigenvalue weighted by atomic mass is 10.1. The molecule has 0 aliphatic heterocycles. The second-order valence-electron chi connectivity index (χ2n) is 6.19. The van der Waals surface area contributed by atoms with Crippen molar-refractivity contribution in [3.63, 3.8) is 0 Å². The maximum Gasteiger partial charge on any atom is 0.191 e. The molecule has 154 valence electrons. The minimum Gasteiger partial charge on any atom is -0.493 e. The summed E-state index contributed by atoms with van der Waals surface area (Å²) in [6.45, 7) is 4.09. The van der Waals surface area contributed by atoms with Crippen molar-refractivity contribution >= 4 is 41.5 Å². The molecule has 2 aromatic carbocycles. The first-order valence-corrected chi connectivity index (χ1v) is 9.43. The van der Waals surface area contributed by atoms with Gasteiger partial charge in [-0.25, -0.2) is 0 Å². The van der Waals surface area contributed by atoms with Crippen LogP contribution in [0.5, 0.6) is 5.75 Å². The van der Waals surface area contributed by atoms with Crippen molar-refractivity contribution in [1.82, 2.24) is 10.6 Å². The fraction of sp³-hybridized carbons (Fsp3) is 0.381. The topological polar surface area (TPSA) is 54.9 Å². The molecule has 28 heavy (non-hydrogen) atoms. The number of ether oxygens (including phenoxy) is 2. The van der Waals surface area contributed by atoms with E-state index in [0.29, 0.717) is 19.8 Å². The van der Waals surface area contributed by atoms with Gasteiger partial charge >= 0.3 is 0 Å². The van der Waals surface area contributed by atoms with Crippen molar-refractivity contribution < 1.29 is 9.47 Å². The van der Waals surface area contributed by atoms with E-state index in [2.05, 4.69) is 28.6 Å². The average molecular weight is 518 g/mol. The smallest absolute Gasteiger partial charge is 0.191 e. The molecule has 2 aromatic rings. The molecule has 0 spiro atoms. The molecule has 5 nitrogen and oxygen atoms in total. The fourth-order valence-electron chi connectivity index (χ4n) is 2.56. The van der Waals surface area contributed by atoms with Crippen LogP contribution >= 0.6 is 35.6 Å². The zero-order chi connectivity index (χ0) is 19.5. The van der Waals surface area contributed by atoms with Crippen molar-refractivity contribution in [2.45, 2.75) is 25.9 Å². The van der Waals surface area contributed by atoms with Gasteiger partial charge in [0.15, 0.2) is 5.96 Å². The summed E-state index contributed by atoms with van der Waals surface area (Å²) < 4.78 is 10.8. The zero-order valence-electron chi connectivity index (χ0n) is 16.6. The SMILES string of the molecule is CN=C(NCc1cccc(OCCCOC)c1)NC(C)c1ccc(Cl)cc1.I. The largest absolute Gasteiger partial charge is 0.493 e. The van der Waals surface area contributed by atoms with Crippen molar-refractivity contribution in [2.24, 2.45) is 4.99 Å². The van der Waals surface area contributed by atoms with Gasteiger partial charge in [-0.15, -0.1) is 24.0 Å². The summed E-state index contributed by atoms with van der Waals surface area (Å²) in [4.78, 5) is 4.30. The molecule has 0 fully saturated rings. The first kappa shape index (κ1) is 24.5. The van der Waals surface area contributed by atoms with Crippen LogP contribution in [0.3, 0.4) is 0 Å². The number of nitrogens with one attached hydrogen (secondary N) is 2. The molecule has 0 aliphatic carbocycles. The summed E-state index contributed by atoms with van der Waals surface area (Å²) in [5.41, 5.74) is 2.27. The molecule has 0 aliphatic rings. The van der Waals surface area contributed by atoms with Gasteiger partial charge in [-0.1, -0.05) is 35.9 Å². The van der Waals surface area contributed by atoms with Crippen LogP contribution in [0.4, 0.5) is 0 Å². The second kappa shape index (κ2) is 13.6. The third-order valence-corrected chi connectivity index (χ3v) is 4.32. The number of hydrogen-bond donors (Lipinski definition) is 2. The molecular formula is C21H29ClIN3O2. The molecule has 0 heterocycles. The summed E-state index contributed by atoms with van der Waals surface area (Å²) in [5, 5.41) is 7.46. The van der Waals surface area contributed by atoms with Crippen LogP contribution in [-0.2, 0) is 11.3 Å². The average Bonchev–Trinajstić information content (AvgIpc) is 2.69. The minimum absolute atomic E-state index is 0. The third-order valence-electron chi connectivity index (χ3n) is 4.07. The van der Waals surface area contributed by atoms with Crippen LogP contribution in [-0.4, -0.2) is 33.3 Å². The first-order valence-electron chi connectivity index (χ1n) is 9.05. The molecule has 0 radical (unpaired) electrons. The van der Waals surface area contributed by atoms with E-state index in [1.807, 2.05) is 42.5 Å². The van der Waals surface area contributed by atoms with E-state index in [1.54, 1.807) is 14.2 Å². The Morgan fingerprint density at radius 1 is 1.14 bits per heavy atom. The normalized spacial score (nSPS) is 12.1. The molecule has 0 bridgehead atoms. The van der Waals surface area contributed by atoms with Crippen LogP contribution in [0.1, 0.15) is 30.5 Å². The van der Waals surface area contributed by atoms with E-state index >= 15 is 0 Å². The lowest BCUT2D eigenvalue weighted by molar-refractivity contribution is 0.172. The lowest BCUT2D eigenvalue weighted by Gasteiger charge is -2.18. The standard InChI is InChI=1S/C21H28ClN3O2.HI/c1-16(18-8-10-19(22)11-9-18)25-21(23-2)24-15-17-6-4-7-20(14-17)27-13-5-12-26-3;/h4,6-11,14,16H,5,12-13,15H2,1-3H3,(H2,23,24,25);1H. The van der Waals surface area contributed by atoms with Gasteiger partial charge in [0.05, 0.1) is 12.6 Å². The zero-order valence-corrected chi connectivity index (χ0v) is 19.7. The van der Waals surface area contributed by atoms with Crippen molar-refractivity contribution in [3.8, 4) is 5.75 Å². The predicted molar refractivity (Wildman–Crippen MR) is 127 cm³/mol. The highest BCUT2D eigenvalue weighted by atomic mass is 127. The molecule has 2 rings (SSSR count). The van der Waals surface area contributed by atoms with Crippen molar-refractivity contribution in [1.29, 1.82) is 0 Å². The number of hydrogen-bond acceptors (Lipinski definition) is 3. The van der Waals surface area contributed by atoms with Gasteiger partial charge in [-0.05, 0) is 42.3 Å². The molecule has 2 N–H and O–H groups in total. The number of halogens is 2. The van der Waals surface area contributed by atoms with E-state index in [-0.39, 0.29) is 30.0 Å². The number of rotatable bonds is 9. The van der Waals surface area contributed by atoms with E-state index in [4.69, 9.17) is 21.1 Å². The van der Waals surface area contributed by atoms with Crippen LogP contribution in [0, 0.1) is 0 Å². The van der Waals surface area contributed by atoms with E-state index in [9.17, 15) is 0 Å². The molecule has 0 saturated heterocycles.